The summed E-state index contributed by atoms with van der Waals surface area (Å²) in [4.78, 5) is 12.2. The number of aryl methyl sites for hydroxylation is 2. The van der Waals surface area contributed by atoms with Gasteiger partial charge in [-0.15, -0.1) is 0 Å². The van der Waals surface area contributed by atoms with Crippen LogP contribution < -0.4 is 15.0 Å². The molecular formula is C21H21N5O2. The van der Waals surface area contributed by atoms with Gasteiger partial charge in [-0.2, -0.15) is 0 Å². The fraction of sp³-hybridized carbons (Fsp3) is 0.190. The molecule has 0 aliphatic rings. The number of aromatic amines is 1. The number of H-pyrrole nitrogens is 1. The average Bonchev–Trinajstić information content (AvgIpc) is 3.20. The molecule has 0 spiro atoms. The fourth-order valence-electron chi connectivity index (χ4n) is 3.17. The maximum absolute atomic E-state index is 8.16. The summed E-state index contributed by atoms with van der Waals surface area (Å²) in [7, 11) is 3.24. The van der Waals surface area contributed by atoms with Gasteiger partial charge in [-0.1, -0.05) is 30.3 Å². The Bertz CT molecular complexity index is 1160. The molecule has 7 nitrogen and oxygen atoms in total. The van der Waals surface area contributed by atoms with Gasteiger partial charge in [0.1, 0.15) is 22.8 Å². The number of rotatable bonds is 6. The number of methoxy groups -OCH3 is 2. The third-order valence-electron chi connectivity index (χ3n) is 4.67. The van der Waals surface area contributed by atoms with E-state index in [0.29, 0.717) is 35.0 Å². The number of nitrogens with zero attached hydrogens (tertiary/aromatic N) is 3. The van der Waals surface area contributed by atoms with Gasteiger partial charge >= 0.3 is 0 Å². The van der Waals surface area contributed by atoms with Crippen LogP contribution in [0.4, 0.5) is 0 Å². The van der Waals surface area contributed by atoms with Crippen molar-refractivity contribution in [2.45, 2.75) is 13.0 Å². The third-order valence-corrected chi connectivity index (χ3v) is 4.67. The zero-order valence-corrected chi connectivity index (χ0v) is 15.8. The maximum Gasteiger partial charge on any atom is 0.173 e. The topological polar surface area (TPSA) is 88.8 Å². The van der Waals surface area contributed by atoms with E-state index < -0.39 is 0 Å². The van der Waals surface area contributed by atoms with Crippen LogP contribution in [0, 0.1) is 5.41 Å². The molecule has 0 radical (unpaired) electrons. The van der Waals surface area contributed by atoms with Gasteiger partial charge in [0, 0.05) is 6.54 Å². The van der Waals surface area contributed by atoms with Crippen molar-refractivity contribution in [2.24, 2.45) is 0 Å². The van der Waals surface area contributed by atoms with Crippen LogP contribution in [0.5, 0.6) is 11.5 Å². The van der Waals surface area contributed by atoms with Gasteiger partial charge in [-0.05, 0) is 30.2 Å². The van der Waals surface area contributed by atoms with Gasteiger partial charge in [0.05, 0.1) is 26.1 Å². The Hall–Kier alpha value is -3.61. The van der Waals surface area contributed by atoms with Crippen LogP contribution in [0.2, 0.25) is 0 Å². The van der Waals surface area contributed by atoms with Gasteiger partial charge in [0.2, 0.25) is 0 Å². The molecule has 7 heteroatoms. The first kappa shape index (κ1) is 17.8. The number of fused-ring (bicyclic) bond motifs is 1. The Labute approximate surface area is 162 Å². The number of aromatic nitrogens is 4. The second kappa shape index (κ2) is 7.56. The minimum absolute atomic E-state index is 0.159. The summed E-state index contributed by atoms with van der Waals surface area (Å²) in [6.07, 6.45) is 2.52. The van der Waals surface area contributed by atoms with Gasteiger partial charge in [-0.25, -0.2) is 9.97 Å². The monoisotopic (exact) mass is 375 g/mol. The molecule has 0 aliphatic heterocycles. The molecule has 0 saturated carbocycles. The second-order valence-electron chi connectivity index (χ2n) is 6.37. The summed E-state index contributed by atoms with van der Waals surface area (Å²) >= 11 is 0. The van der Waals surface area contributed by atoms with Crippen LogP contribution in [-0.4, -0.2) is 33.7 Å². The number of nitrogens with one attached hydrogen (secondary N) is 2. The van der Waals surface area contributed by atoms with E-state index in [2.05, 4.69) is 22.1 Å². The van der Waals surface area contributed by atoms with Crippen LogP contribution in [-0.2, 0) is 13.0 Å². The maximum atomic E-state index is 8.16. The smallest absolute Gasteiger partial charge is 0.173 e. The molecule has 2 heterocycles. The SMILES string of the molecule is COc1ccc(OC)c(-c2nc3c([nH]2)c(=N)ncn3CCc2ccccc2)c1. The van der Waals surface area contributed by atoms with E-state index >= 15 is 0 Å². The van der Waals surface area contributed by atoms with Crippen LogP contribution in [0.3, 0.4) is 0 Å². The summed E-state index contributed by atoms with van der Waals surface area (Å²) in [5.74, 6) is 1.99. The molecule has 142 valence electrons. The third kappa shape index (κ3) is 3.34. The van der Waals surface area contributed by atoms with Crippen LogP contribution in [0.1, 0.15) is 5.56 Å². The van der Waals surface area contributed by atoms with Crippen molar-refractivity contribution in [3.8, 4) is 22.9 Å². The van der Waals surface area contributed by atoms with Crippen LogP contribution in [0.25, 0.3) is 22.6 Å². The summed E-state index contributed by atoms with van der Waals surface area (Å²) in [5.41, 5.74) is 3.45. The number of imidazole rings is 1. The standard InChI is InChI=1S/C21H21N5O2/c1-27-15-8-9-17(28-2)16(12-15)20-24-18-19(22)23-13-26(21(18)25-20)11-10-14-6-4-3-5-7-14/h3-9,12-13,22H,10-11H2,1-2H3,(H,24,25). The molecule has 28 heavy (non-hydrogen) atoms. The summed E-state index contributed by atoms with van der Waals surface area (Å²) < 4.78 is 12.8. The highest BCUT2D eigenvalue weighted by Gasteiger charge is 2.15. The van der Waals surface area contributed by atoms with Crippen molar-refractivity contribution in [1.82, 2.24) is 19.5 Å². The quantitative estimate of drug-likeness (QED) is 0.542. The Morgan fingerprint density at radius 2 is 1.89 bits per heavy atom. The van der Waals surface area contributed by atoms with Crippen molar-refractivity contribution in [3.63, 3.8) is 0 Å². The summed E-state index contributed by atoms with van der Waals surface area (Å²) in [5, 5.41) is 8.16. The molecule has 0 bridgehead atoms. The highest BCUT2D eigenvalue weighted by Crippen LogP contribution is 2.32. The van der Waals surface area contributed by atoms with E-state index in [1.807, 2.05) is 41.0 Å². The van der Waals surface area contributed by atoms with Crippen molar-refractivity contribution in [2.75, 3.05) is 14.2 Å². The first-order valence-electron chi connectivity index (χ1n) is 8.95. The van der Waals surface area contributed by atoms with Crippen molar-refractivity contribution < 1.29 is 9.47 Å². The van der Waals surface area contributed by atoms with Gasteiger partial charge < -0.3 is 19.0 Å². The molecule has 2 N–H and O–H groups in total. The number of ether oxygens (including phenoxy) is 2. The zero-order chi connectivity index (χ0) is 19.5. The van der Waals surface area contributed by atoms with E-state index in [9.17, 15) is 0 Å². The second-order valence-corrected chi connectivity index (χ2v) is 6.37. The minimum atomic E-state index is 0.159. The number of benzene rings is 2. The van der Waals surface area contributed by atoms with E-state index in [0.717, 1.165) is 12.0 Å². The van der Waals surface area contributed by atoms with E-state index in [1.54, 1.807) is 20.5 Å². The van der Waals surface area contributed by atoms with Crippen LogP contribution >= 0.6 is 0 Å². The van der Waals surface area contributed by atoms with Gasteiger partial charge in [-0.3, -0.25) is 5.41 Å². The minimum Gasteiger partial charge on any atom is -0.497 e. The molecule has 4 aromatic rings. The van der Waals surface area contributed by atoms with Crippen molar-refractivity contribution in [1.29, 1.82) is 5.41 Å². The van der Waals surface area contributed by atoms with Crippen molar-refractivity contribution >= 4 is 11.2 Å². The fourth-order valence-corrected chi connectivity index (χ4v) is 3.17. The molecule has 4 rings (SSSR count). The predicted octanol–water partition coefficient (Wildman–Crippen LogP) is 3.17. The summed E-state index contributed by atoms with van der Waals surface area (Å²) in [6, 6.07) is 15.8. The lowest BCUT2D eigenvalue weighted by Gasteiger charge is -2.08. The molecule has 0 amide bonds. The Morgan fingerprint density at radius 1 is 1.07 bits per heavy atom. The molecule has 0 aliphatic carbocycles. The molecular weight excluding hydrogens is 354 g/mol. The number of hydrogen-bond donors (Lipinski definition) is 2. The molecule has 0 atom stereocenters. The molecule has 0 unspecified atom stereocenters. The molecule has 0 fully saturated rings. The lowest BCUT2D eigenvalue weighted by Crippen LogP contribution is -2.13. The molecule has 2 aromatic carbocycles. The van der Waals surface area contributed by atoms with Crippen molar-refractivity contribution in [3.05, 3.63) is 65.9 Å². The Morgan fingerprint density at radius 3 is 2.64 bits per heavy atom. The van der Waals surface area contributed by atoms with E-state index in [1.165, 1.54) is 5.56 Å². The van der Waals surface area contributed by atoms with Crippen LogP contribution in [0.15, 0.2) is 54.9 Å². The van der Waals surface area contributed by atoms with E-state index in [4.69, 9.17) is 19.9 Å². The molecule has 0 saturated heterocycles. The zero-order valence-electron chi connectivity index (χ0n) is 15.8. The largest absolute Gasteiger partial charge is 0.497 e. The first-order valence-corrected chi connectivity index (χ1v) is 8.95. The van der Waals surface area contributed by atoms with Gasteiger partial charge in [0.25, 0.3) is 0 Å². The Balaban J connectivity index is 1.77. The average molecular weight is 375 g/mol. The highest BCUT2D eigenvalue weighted by atomic mass is 16.5. The summed E-state index contributed by atoms with van der Waals surface area (Å²) in [6.45, 7) is 0.716. The lowest BCUT2D eigenvalue weighted by atomic mass is 10.1. The van der Waals surface area contributed by atoms with Gasteiger partial charge in [0.15, 0.2) is 11.1 Å². The normalized spacial score (nSPS) is 10.9. The predicted molar refractivity (Wildman–Crippen MR) is 106 cm³/mol. The Kier molecular flexibility index (Phi) is 4.80. The highest BCUT2D eigenvalue weighted by molar-refractivity contribution is 5.77. The lowest BCUT2D eigenvalue weighted by molar-refractivity contribution is 0.404. The molecule has 2 aromatic heterocycles. The first-order chi connectivity index (χ1) is 13.7. The van der Waals surface area contributed by atoms with E-state index in [-0.39, 0.29) is 5.49 Å². The number of hydrogen-bond acceptors (Lipinski definition) is 5.